The molecule has 0 aliphatic carbocycles. The molecule has 1 saturated heterocycles. The zero-order chi connectivity index (χ0) is 14.9. The van der Waals surface area contributed by atoms with Gasteiger partial charge in [0.15, 0.2) is 0 Å². The van der Waals surface area contributed by atoms with Gasteiger partial charge in [0.05, 0.1) is 6.54 Å². The van der Waals surface area contributed by atoms with E-state index >= 15 is 0 Å². The summed E-state index contributed by atoms with van der Waals surface area (Å²) in [5.74, 6) is -0.877. The first-order valence-corrected chi connectivity index (χ1v) is 6.78. The number of amides is 2. The van der Waals surface area contributed by atoms with Crippen LogP contribution in [0.5, 0.6) is 0 Å². The summed E-state index contributed by atoms with van der Waals surface area (Å²) in [6.07, 6.45) is 0. The minimum Gasteiger partial charge on any atom is -0.343 e. The van der Waals surface area contributed by atoms with Crippen molar-refractivity contribution in [3.05, 3.63) is 34.6 Å². The molecule has 0 spiro atoms. The summed E-state index contributed by atoms with van der Waals surface area (Å²) in [4.78, 5) is 25.3. The van der Waals surface area contributed by atoms with Crippen LogP contribution in [0.4, 0.5) is 4.39 Å². The molecule has 1 fully saturated rings. The van der Waals surface area contributed by atoms with E-state index in [2.05, 4.69) is 5.32 Å². The van der Waals surface area contributed by atoms with Gasteiger partial charge in [-0.3, -0.25) is 9.59 Å². The molecule has 0 aromatic heterocycles. The first-order chi connectivity index (χ1) is 9.38. The van der Waals surface area contributed by atoms with Gasteiger partial charge < -0.3 is 10.2 Å². The summed E-state index contributed by atoms with van der Waals surface area (Å²) in [5, 5.41) is 3.06. The Morgan fingerprint density at radius 1 is 1.45 bits per heavy atom. The molecule has 108 valence electrons. The van der Waals surface area contributed by atoms with Gasteiger partial charge >= 0.3 is 0 Å². The van der Waals surface area contributed by atoms with Gasteiger partial charge in [0, 0.05) is 17.1 Å². The number of rotatable bonds is 3. The summed E-state index contributed by atoms with van der Waals surface area (Å²) in [5.41, 5.74) is 0.308. The highest BCUT2D eigenvalue weighted by Gasteiger charge is 2.34. The molecule has 1 aliphatic heterocycles. The highest BCUT2D eigenvalue weighted by atomic mass is 35.5. The normalized spacial score (nSPS) is 19.4. The quantitative estimate of drug-likeness (QED) is 0.927. The number of hydrogen-bond acceptors (Lipinski definition) is 2. The number of piperazine rings is 1. The molecule has 20 heavy (non-hydrogen) atoms. The summed E-state index contributed by atoms with van der Waals surface area (Å²) in [6.45, 7) is 3.69. The third-order valence-corrected chi connectivity index (χ3v) is 3.50. The predicted octanol–water partition coefficient (Wildman–Crippen LogP) is 1.96. The molecule has 2 amide bonds. The van der Waals surface area contributed by atoms with E-state index in [1.807, 2.05) is 13.8 Å². The van der Waals surface area contributed by atoms with Crippen LogP contribution in [0.15, 0.2) is 18.2 Å². The average Bonchev–Trinajstić information content (AvgIpc) is 2.37. The molecule has 1 N–H and O–H groups in total. The fraction of sp³-hybridized carbons (Fsp3) is 0.429. The number of nitrogens with zero attached hydrogens (tertiary/aromatic N) is 1. The Labute approximate surface area is 121 Å². The Bertz CT molecular complexity index is 548. The zero-order valence-electron chi connectivity index (χ0n) is 11.3. The molecule has 0 bridgehead atoms. The lowest BCUT2D eigenvalue weighted by atomic mass is 10.0. The van der Waals surface area contributed by atoms with Crippen LogP contribution in [0.1, 0.15) is 19.4 Å². The van der Waals surface area contributed by atoms with Gasteiger partial charge in [-0.1, -0.05) is 25.4 Å². The number of carbonyl (C=O) groups excluding carboxylic acids is 2. The van der Waals surface area contributed by atoms with Crippen LogP contribution in [0.3, 0.4) is 0 Å². The average molecular weight is 299 g/mol. The molecule has 2 rings (SSSR count). The number of nitrogens with one attached hydrogen (secondary N) is 1. The van der Waals surface area contributed by atoms with Crippen LogP contribution in [0.25, 0.3) is 0 Å². The second-order valence-corrected chi connectivity index (χ2v) is 5.66. The first-order valence-electron chi connectivity index (χ1n) is 6.40. The van der Waals surface area contributed by atoms with Gasteiger partial charge in [0.25, 0.3) is 0 Å². The fourth-order valence-corrected chi connectivity index (χ4v) is 2.38. The highest BCUT2D eigenvalue weighted by Crippen LogP contribution is 2.19. The van der Waals surface area contributed by atoms with Crippen LogP contribution in [0.2, 0.25) is 5.02 Å². The van der Waals surface area contributed by atoms with Crippen molar-refractivity contribution in [2.45, 2.75) is 26.4 Å². The molecule has 1 aliphatic rings. The fourth-order valence-electron chi connectivity index (χ4n) is 2.18. The van der Waals surface area contributed by atoms with E-state index < -0.39 is 11.9 Å². The van der Waals surface area contributed by atoms with Crippen molar-refractivity contribution in [1.82, 2.24) is 10.2 Å². The van der Waals surface area contributed by atoms with Crippen LogP contribution >= 0.6 is 11.6 Å². The van der Waals surface area contributed by atoms with Crippen molar-refractivity contribution in [2.75, 3.05) is 6.54 Å². The van der Waals surface area contributed by atoms with E-state index in [4.69, 9.17) is 11.6 Å². The lowest BCUT2D eigenvalue weighted by Gasteiger charge is -2.34. The monoisotopic (exact) mass is 298 g/mol. The van der Waals surface area contributed by atoms with Crippen LogP contribution in [-0.4, -0.2) is 29.3 Å². The molecule has 1 aromatic carbocycles. The Hall–Kier alpha value is -1.62. The van der Waals surface area contributed by atoms with Gasteiger partial charge in [-0.25, -0.2) is 4.39 Å². The van der Waals surface area contributed by atoms with Crippen molar-refractivity contribution in [3.63, 3.8) is 0 Å². The van der Waals surface area contributed by atoms with Gasteiger partial charge in [0.2, 0.25) is 11.8 Å². The SMILES string of the molecule is CC(C)C1NC(=O)CN(Cc2cc(Cl)ccc2F)C1=O. The van der Waals surface area contributed by atoms with Crippen molar-refractivity contribution < 1.29 is 14.0 Å². The number of hydrogen-bond donors (Lipinski definition) is 1. The van der Waals surface area contributed by atoms with E-state index in [0.717, 1.165) is 0 Å². The zero-order valence-corrected chi connectivity index (χ0v) is 12.1. The highest BCUT2D eigenvalue weighted by molar-refractivity contribution is 6.30. The van der Waals surface area contributed by atoms with Crippen molar-refractivity contribution in [1.29, 1.82) is 0 Å². The van der Waals surface area contributed by atoms with Gasteiger partial charge in [-0.05, 0) is 24.1 Å². The molecule has 1 atom stereocenters. The maximum atomic E-state index is 13.7. The molecule has 1 heterocycles. The third-order valence-electron chi connectivity index (χ3n) is 3.26. The molecular formula is C14H16ClFN2O2. The molecule has 0 saturated carbocycles. The molecule has 1 unspecified atom stereocenters. The van der Waals surface area contributed by atoms with Crippen molar-refractivity contribution in [3.8, 4) is 0 Å². The largest absolute Gasteiger partial charge is 0.343 e. The van der Waals surface area contributed by atoms with Crippen molar-refractivity contribution in [2.24, 2.45) is 5.92 Å². The summed E-state index contributed by atoms with van der Waals surface area (Å²) >= 11 is 5.83. The first kappa shape index (κ1) is 14.8. The minimum absolute atomic E-state index is 0.0153. The molecule has 0 radical (unpaired) electrons. The Kier molecular flexibility index (Phi) is 4.28. The Morgan fingerprint density at radius 3 is 2.80 bits per heavy atom. The maximum Gasteiger partial charge on any atom is 0.246 e. The van der Waals surface area contributed by atoms with Crippen LogP contribution in [0, 0.1) is 11.7 Å². The van der Waals surface area contributed by atoms with E-state index in [9.17, 15) is 14.0 Å². The van der Waals surface area contributed by atoms with Crippen LogP contribution in [-0.2, 0) is 16.1 Å². The van der Waals surface area contributed by atoms with E-state index in [1.165, 1.54) is 23.1 Å². The third kappa shape index (κ3) is 3.10. The minimum atomic E-state index is -0.557. The lowest BCUT2D eigenvalue weighted by molar-refractivity contribution is -0.146. The number of benzene rings is 1. The summed E-state index contributed by atoms with van der Waals surface area (Å²) in [6, 6.07) is 3.62. The molecule has 4 nitrogen and oxygen atoms in total. The van der Waals surface area contributed by atoms with E-state index in [0.29, 0.717) is 10.6 Å². The van der Waals surface area contributed by atoms with Crippen molar-refractivity contribution >= 4 is 23.4 Å². The van der Waals surface area contributed by atoms with Crippen LogP contribution < -0.4 is 5.32 Å². The molecule has 6 heteroatoms. The topological polar surface area (TPSA) is 49.4 Å². The number of carbonyl (C=O) groups is 2. The summed E-state index contributed by atoms with van der Waals surface area (Å²) < 4.78 is 13.7. The smallest absolute Gasteiger partial charge is 0.246 e. The lowest BCUT2D eigenvalue weighted by Crippen LogP contribution is -2.59. The molecular weight excluding hydrogens is 283 g/mol. The van der Waals surface area contributed by atoms with E-state index in [-0.39, 0.29) is 30.8 Å². The van der Waals surface area contributed by atoms with Gasteiger partial charge in [-0.15, -0.1) is 0 Å². The maximum absolute atomic E-state index is 13.7. The van der Waals surface area contributed by atoms with Gasteiger partial charge in [0.1, 0.15) is 11.9 Å². The second-order valence-electron chi connectivity index (χ2n) is 5.22. The van der Waals surface area contributed by atoms with Gasteiger partial charge in [-0.2, -0.15) is 0 Å². The molecule has 1 aromatic rings. The standard InChI is InChI=1S/C14H16ClFN2O2/c1-8(2)13-14(20)18(7-12(19)17-13)6-9-5-10(15)3-4-11(9)16/h3-5,8,13H,6-7H2,1-2H3,(H,17,19). The predicted molar refractivity (Wildman–Crippen MR) is 73.6 cm³/mol. The Morgan fingerprint density at radius 2 is 2.15 bits per heavy atom. The second kappa shape index (κ2) is 5.79. The Balaban J connectivity index is 2.21. The summed E-state index contributed by atoms with van der Waals surface area (Å²) in [7, 11) is 0. The van der Waals surface area contributed by atoms with E-state index in [1.54, 1.807) is 0 Å². The number of halogens is 2.